The standard InChI is InChI=1S/C27H34ClN3O4/c1-3-33-19-22(32)16-31(17-24-10-7-15-34-24)18-25-26(20-8-5-4-6-9-20)29-30(2)27(25)35-23-13-11-21(28)12-14-23/h4-6,8-9,11-14,22,24,32H,3,7,10,15-19H2,1-2H3. The van der Waals surface area contributed by atoms with Crippen LogP contribution in [0.25, 0.3) is 11.3 Å². The first-order chi connectivity index (χ1) is 17.0. The second-order valence-corrected chi connectivity index (χ2v) is 9.26. The van der Waals surface area contributed by atoms with Gasteiger partial charge in [0.1, 0.15) is 11.4 Å². The van der Waals surface area contributed by atoms with E-state index in [1.807, 2.05) is 56.4 Å². The van der Waals surface area contributed by atoms with Crippen LogP contribution in [0.15, 0.2) is 54.6 Å². The molecule has 0 bridgehead atoms. The predicted molar refractivity (Wildman–Crippen MR) is 137 cm³/mol. The van der Waals surface area contributed by atoms with Gasteiger partial charge in [-0.15, -0.1) is 0 Å². The second-order valence-electron chi connectivity index (χ2n) is 8.82. The molecule has 1 aromatic heterocycles. The lowest BCUT2D eigenvalue weighted by Gasteiger charge is -2.27. The maximum Gasteiger partial charge on any atom is 0.222 e. The molecule has 2 heterocycles. The van der Waals surface area contributed by atoms with Gasteiger partial charge < -0.3 is 19.3 Å². The Kier molecular flexibility index (Phi) is 9.18. The largest absolute Gasteiger partial charge is 0.439 e. The summed E-state index contributed by atoms with van der Waals surface area (Å²) in [5, 5.41) is 16.1. The molecular formula is C27H34ClN3O4. The summed E-state index contributed by atoms with van der Waals surface area (Å²) in [6.45, 7) is 5.31. The number of halogens is 1. The number of hydrogen-bond donors (Lipinski definition) is 1. The average Bonchev–Trinajstić information content (AvgIpc) is 3.48. The SMILES string of the molecule is CCOCC(O)CN(Cc1c(-c2ccccc2)nn(C)c1Oc1ccc(Cl)cc1)CC1CCCO1. The molecule has 1 aliphatic heterocycles. The topological polar surface area (TPSA) is 69.0 Å². The highest BCUT2D eigenvalue weighted by Gasteiger charge is 2.26. The maximum atomic E-state index is 10.7. The normalized spacial score (nSPS) is 16.7. The molecule has 0 spiro atoms. The molecule has 3 aromatic rings. The minimum atomic E-state index is -0.603. The van der Waals surface area contributed by atoms with Crippen molar-refractivity contribution in [1.29, 1.82) is 0 Å². The van der Waals surface area contributed by atoms with Crippen molar-refractivity contribution >= 4 is 11.6 Å². The Morgan fingerprint density at radius 3 is 2.66 bits per heavy atom. The Hall–Kier alpha value is -2.42. The van der Waals surface area contributed by atoms with Crippen LogP contribution in [0.1, 0.15) is 25.3 Å². The highest BCUT2D eigenvalue weighted by atomic mass is 35.5. The number of aromatic nitrogens is 2. The van der Waals surface area contributed by atoms with Crippen LogP contribution in [0.4, 0.5) is 0 Å². The van der Waals surface area contributed by atoms with Gasteiger partial charge >= 0.3 is 0 Å². The summed E-state index contributed by atoms with van der Waals surface area (Å²) in [5.74, 6) is 1.34. The molecule has 4 rings (SSSR count). The lowest BCUT2D eigenvalue weighted by molar-refractivity contribution is 0.00505. The Morgan fingerprint density at radius 1 is 1.20 bits per heavy atom. The van der Waals surface area contributed by atoms with Gasteiger partial charge in [-0.2, -0.15) is 5.10 Å². The molecule has 1 saturated heterocycles. The van der Waals surface area contributed by atoms with Crippen LogP contribution in [-0.2, 0) is 23.1 Å². The van der Waals surface area contributed by atoms with Gasteiger partial charge in [0.2, 0.25) is 5.88 Å². The molecule has 2 unspecified atom stereocenters. The van der Waals surface area contributed by atoms with Crippen molar-refractivity contribution in [3.8, 4) is 22.9 Å². The Bertz CT molecular complexity index is 1050. The van der Waals surface area contributed by atoms with Crippen LogP contribution in [0.3, 0.4) is 0 Å². The number of aryl methyl sites for hydroxylation is 1. The molecule has 0 aliphatic carbocycles. The van der Waals surface area contributed by atoms with Crippen LogP contribution in [-0.4, -0.2) is 64.9 Å². The third kappa shape index (κ3) is 7.06. The van der Waals surface area contributed by atoms with E-state index in [4.69, 9.17) is 30.9 Å². The van der Waals surface area contributed by atoms with Gasteiger partial charge in [0.15, 0.2) is 0 Å². The molecular weight excluding hydrogens is 466 g/mol. The molecule has 2 atom stereocenters. The van der Waals surface area contributed by atoms with Crippen molar-refractivity contribution in [2.75, 3.05) is 32.9 Å². The van der Waals surface area contributed by atoms with E-state index in [9.17, 15) is 5.11 Å². The molecule has 1 aliphatic rings. The summed E-state index contributed by atoms with van der Waals surface area (Å²) >= 11 is 6.07. The van der Waals surface area contributed by atoms with Crippen molar-refractivity contribution in [3.05, 3.63) is 65.2 Å². The summed E-state index contributed by atoms with van der Waals surface area (Å²) in [5.41, 5.74) is 2.82. The number of aliphatic hydroxyl groups is 1. The van der Waals surface area contributed by atoms with Crippen LogP contribution < -0.4 is 4.74 Å². The fourth-order valence-electron chi connectivity index (χ4n) is 4.37. The summed E-state index contributed by atoms with van der Waals surface area (Å²) in [6.07, 6.45) is 1.62. The zero-order valence-electron chi connectivity index (χ0n) is 20.4. The smallest absolute Gasteiger partial charge is 0.222 e. The number of nitrogens with zero attached hydrogens (tertiary/aromatic N) is 3. The lowest BCUT2D eigenvalue weighted by atomic mass is 10.1. The number of aliphatic hydroxyl groups excluding tert-OH is 1. The number of benzene rings is 2. The first-order valence-electron chi connectivity index (χ1n) is 12.2. The first-order valence-corrected chi connectivity index (χ1v) is 12.6. The van der Waals surface area contributed by atoms with E-state index in [1.165, 1.54) is 0 Å². The van der Waals surface area contributed by atoms with Crippen LogP contribution in [0.2, 0.25) is 5.02 Å². The van der Waals surface area contributed by atoms with Crippen LogP contribution in [0, 0.1) is 0 Å². The Balaban J connectivity index is 1.66. The van der Waals surface area contributed by atoms with E-state index < -0.39 is 6.10 Å². The van der Waals surface area contributed by atoms with Gasteiger partial charge in [0, 0.05) is 50.5 Å². The summed E-state index contributed by atoms with van der Waals surface area (Å²) < 4.78 is 19.5. The van der Waals surface area contributed by atoms with Crippen molar-refractivity contribution in [1.82, 2.24) is 14.7 Å². The number of ether oxygens (including phenoxy) is 3. The minimum absolute atomic E-state index is 0.145. The van der Waals surface area contributed by atoms with Crippen molar-refractivity contribution in [2.45, 2.75) is 38.5 Å². The van der Waals surface area contributed by atoms with Crippen molar-refractivity contribution < 1.29 is 19.3 Å². The third-order valence-electron chi connectivity index (χ3n) is 6.01. The monoisotopic (exact) mass is 499 g/mol. The summed E-state index contributed by atoms with van der Waals surface area (Å²) in [7, 11) is 1.88. The predicted octanol–water partition coefficient (Wildman–Crippen LogP) is 4.91. The van der Waals surface area contributed by atoms with Gasteiger partial charge in [0.25, 0.3) is 0 Å². The van der Waals surface area contributed by atoms with Gasteiger partial charge in [-0.3, -0.25) is 4.90 Å². The molecule has 188 valence electrons. The quantitative estimate of drug-likeness (QED) is 0.382. The highest BCUT2D eigenvalue weighted by molar-refractivity contribution is 6.30. The molecule has 35 heavy (non-hydrogen) atoms. The fraction of sp³-hybridized carbons (Fsp3) is 0.444. The summed E-state index contributed by atoms with van der Waals surface area (Å²) in [4.78, 5) is 2.22. The molecule has 7 nitrogen and oxygen atoms in total. The number of hydrogen-bond acceptors (Lipinski definition) is 6. The maximum absolute atomic E-state index is 10.7. The van der Waals surface area contributed by atoms with E-state index in [-0.39, 0.29) is 6.10 Å². The highest BCUT2D eigenvalue weighted by Crippen LogP contribution is 2.34. The molecule has 1 fully saturated rings. The van der Waals surface area contributed by atoms with Gasteiger partial charge in [0.05, 0.1) is 24.4 Å². The zero-order chi connectivity index (χ0) is 24.6. The molecule has 0 saturated carbocycles. The fourth-order valence-corrected chi connectivity index (χ4v) is 4.50. The van der Waals surface area contributed by atoms with E-state index >= 15 is 0 Å². The van der Waals surface area contributed by atoms with E-state index in [0.29, 0.717) is 49.5 Å². The molecule has 2 aromatic carbocycles. The zero-order valence-corrected chi connectivity index (χ0v) is 21.2. The molecule has 8 heteroatoms. The van der Waals surface area contributed by atoms with Crippen molar-refractivity contribution in [3.63, 3.8) is 0 Å². The molecule has 1 N–H and O–H groups in total. The lowest BCUT2D eigenvalue weighted by Crippen LogP contribution is -2.39. The number of rotatable bonds is 12. The van der Waals surface area contributed by atoms with Gasteiger partial charge in [-0.25, -0.2) is 4.68 Å². The Morgan fingerprint density at radius 2 is 1.97 bits per heavy atom. The first kappa shape index (κ1) is 25.7. The van der Waals surface area contributed by atoms with E-state index in [2.05, 4.69) is 4.90 Å². The summed E-state index contributed by atoms with van der Waals surface area (Å²) in [6, 6.07) is 17.4. The minimum Gasteiger partial charge on any atom is -0.439 e. The van der Waals surface area contributed by atoms with Crippen molar-refractivity contribution in [2.24, 2.45) is 7.05 Å². The second kappa shape index (κ2) is 12.5. The van der Waals surface area contributed by atoms with Crippen LogP contribution >= 0.6 is 11.6 Å². The van der Waals surface area contributed by atoms with E-state index in [0.717, 1.165) is 36.3 Å². The van der Waals surface area contributed by atoms with Crippen LogP contribution in [0.5, 0.6) is 11.6 Å². The third-order valence-corrected chi connectivity index (χ3v) is 6.27. The molecule has 0 radical (unpaired) electrons. The van der Waals surface area contributed by atoms with Gasteiger partial charge in [-0.05, 0) is 44.0 Å². The average molecular weight is 500 g/mol. The Labute approximate surface area is 212 Å². The molecule has 0 amide bonds. The van der Waals surface area contributed by atoms with Gasteiger partial charge in [-0.1, -0.05) is 41.9 Å². The van der Waals surface area contributed by atoms with E-state index in [1.54, 1.807) is 16.8 Å².